The molecule has 2 aliphatic rings. The van der Waals surface area contributed by atoms with Gasteiger partial charge in [-0.2, -0.15) is 0 Å². The fraction of sp³-hybridized carbons (Fsp3) is 0.375. The summed E-state index contributed by atoms with van der Waals surface area (Å²) in [6.07, 6.45) is 5.30. The average molecular weight is 450 g/mol. The summed E-state index contributed by atoms with van der Waals surface area (Å²) in [5, 5.41) is 4.48. The van der Waals surface area contributed by atoms with E-state index in [1.165, 1.54) is 18.2 Å². The van der Waals surface area contributed by atoms with E-state index in [9.17, 15) is 9.59 Å². The van der Waals surface area contributed by atoms with Gasteiger partial charge in [0.15, 0.2) is 5.16 Å². The van der Waals surface area contributed by atoms with E-state index in [2.05, 4.69) is 20.2 Å². The molecule has 1 aromatic heterocycles. The molecule has 1 amide bonds. The second kappa shape index (κ2) is 8.50. The van der Waals surface area contributed by atoms with Gasteiger partial charge >= 0.3 is 0 Å². The number of fused-ring (bicyclic) bond motifs is 2. The summed E-state index contributed by atoms with van der Waals surface area (Å²) < 4.78 is 0. The van der Waals surface area contributed by atoms with E-state index in [-0.39, 0.29) is 17.4 Å². The Hall–Kier alpha value is -3.00. The number of rotatable bonds is 6. The molecule has 32 heavy (non-hydrogen) atoms. The number of nitrogens with zero attached hydrogens (tertiary/aromatic N) is 2. The topological polar surface area (TPSA) is 104 Å². The van der Waals surface area contributed by atoms with Crippen LogP contribution in [0.5, 0.6) is 0 Å². The number of carbonyl (C=O) groups is 1. The number of aromatic amines is 1. The van der Waals surface area contributed by atoms with Crippen LogP contribution in [0.1, 0.15) is 32.1 Å². The van der Waals surface area contributed by atoms with Crippen molar-refractivity contribution in [2.24, 2.45) is 11.7 Å². The van der Waals surface area contributed by atoms with Crippen LogP contribution in [0.3, 0.4) is 0 Å². The lowest BCUT2D eigenvalue weighted by molar-refractivity contribution is -0.124. The number of benzene rings is 2. The first-order chi connectivity index (χ1) is 15.6. The number of nitrogens with two attached hydrogens (primary N) is 1. The zero-order valence-corrected chi connectivity index (χ0v) is 18.7. The minimum Gasteiger partial charge on any atom is -0.368 e. The van der Waals surface area contributed by atoms with Gasteiger partial charge in [-0.05, 0) is 43.0 Å². The number of anilines is 2. The van der Waals surface area contributed by atoms with Gasteiger partial charge in [0.25, 0.3) is 5.56 Å². The highest BCUT2D eigenvalue weighted by Gasteiger charge is 2.51. The van der Waals surface area contributed by atoms with Crippen molar-refractivity contribution in [3.63, 3.8) is 0 Å². The maximum Gasteiger partial charge on any atom is 0.259 e. The first-order valence-corrected chi connectivity index (χ1v) is 12.1. The lowest BCUT2D eigenvalue weighted by Crippen LogP contribution is -2.64. The number of hydrogen-bond donors (Lipinski definition) is 3. The number of hydrogen-bond acceptors (Lipinski definition) is 6. The normalized spacial score (nSPS) is 18.2. The van der Waals surface area contributed by atoms with E-state index in [0.29, 0.717) is 28.5 Å². The van der Waals surface area contributed by atoms with E-state index in [1.54, 1.807) is 6.07 Å². The molecule has 0 radical (unpaired) electrons. The van der Waals surface area contributed by atoms with Crippen molar-refractivity contribution >= 4 is 39.9 Å². The molecule has 0 spiro atoms. The standard InChI is InChI=1S/C24H27N5O2S/c25-22(31)24(16-8-2-1-3-9-16,29-15-26-19-12-6-7-13-20(19)29)14-32-23-27-18-11-5-4-10-17(18)21(30)28-23/h4-7,10-13,16,26H,1-3,8-9,14-15H2,(H2,25,31)(H,27,28,30). The molecule has 5 rings (SSSR count). The molecule has 1 aliphatic carbocycles. The second-order valence-corrected chi connectivity index (χ2v) is 9.54. The smallest absolute Gasteiger partial charge is 0.259 e. The molecule has 1 aliphatic heterocycles. The third kappa shape index (κ3) is 3.52. The van der Waals surface area contributed by atoms with Gasteiger partial charge in [-0.15, -0.1) is 0 Å². The summed E-state index contributed by atoms with van der Waals surface area (Å²) in [4.78, 5) is 35.5. The third-order valence-corrected chi connectivity index (χ3v) is 7.88. The zero-order valence-electron chi connectivity index (χ0n) is 17.8. The molecule has 2 aromatic carbocycles. The average Bonchev–Trinajstić information content (AvgIpc) is 3.25. The minimum absolute atomic E-state index is 0.140. The fourth-order valence-electron chi connectivity index (χ4n) is 5.18. The number of amides is 1. The Balaban J connectivity index is 1.54. The molecule has 2 heterocycles. The molecule has 3 aromatic rings. The number of primary amides is 1. The van der Waals surface area contributed by atoms with Crippen LogP contribution in [-0.4, -0.2) is 33.8 Å². The van der Waals surface area contributed by atoms with E-state index >= 15 is 0 Å². The Kier molecular flexibility index (Phi) is 5.55. The molecule has 4 N–H and O–H groups in total. The number of carbonyl (C=O) groups excluding carboxylic acids is 1. The maximum atomic E-state index is 13.3. The van der Waals surface area contributed by atoms with Crippen molar-refractivity contribution in [1.82, 2.24) is 9.97 Å². The molecule has 1 fully saturated rings. The SMILES string of the molecule is NC(=O)C(CSc1nc2ccccc2c(=O)[nH]1)(C1CCCCC1)N1CNc2ccccc21. The Bertz CT molecular complexity index is 1210. The first kappa shape index (κ1) is 20.9. The van der Waals surface area contributed by atoms with Gasteiger partial charge < -0.3 is 20.9 Å². The van der Waals surface area contributed by atoms with Crippen LogP contribution in [0.4, 0.5) is 11.4 Å². The van der Waals surface area contributed by atoms with E-state index in [0.717, 1.165) is 37.1 Å². The highest BCUT2D eigenvalue weighted by Crippen LogP contribution is 2.45. The number of para-hydroxylation sites is 3. The van der Waals surface area contributed by atoms with E-state index in [1.807, 2.05) is 42.5 Å². The number of aromatic nitrogens is 2. The lowest BCUT2D eigenvalue weighted by Gasteiger charge is -2.47. The highest BCUT2D eigenvalue weighted by molar-refractivity contribution is 7.99. The Morgan fingerprint density at radius 3 is 2.69 bits per heavy atom. The van der Waals surface area contributed by atoms with Crippen LogP contribution in [0.2, 0.25) is 0 Å². The van der Waals surface area contributed by atoms with Crippen LogP contribution in [0, 0.1) is 5.92 Å². The number of nitrogens with one attached hydrogen (secondary N) is 2. The maximum absolute atomic E-state index is 13.3. The van der Waals surface area contributed by atoms with Gasteiger partial charge in [-0.1, -0.05) is 55.3 Å². The summed E-state index contributed by atoms with van der Waals surface area (Å²) in [6.45, 7) is 0.529. The Morgan fingerprint density at radius 2 is 1.88 bits per heavy atom. The van der Waals surface area contributed by atoms with Crippen LogP contribution < -0.4 is 21.5 Å². The molecule has 7 nitrogen and oxygen atoms in total. The van der Waals surface area contributed by atoms with Crippen molar-refractivity contribution in [2.75, 3.05) is 22.6 Å². The lowest BCUT2D eigenvalue weighted by atomic mass is 9.74. The molecular formula is C24H27N5O2S. The Morgan fingerprint density at radius 1 is 1.12 bits per heavy atom. The second-order valence-electron chi connectivity index (χ2n) is 8.58. The van der Waals surface area contributed by atoms with Crippen molar-refractivity contribution in [2.45, 2.75) is 42.8 Å². The fourth-order valence-corrected chi connectivity index (χ4v) is 6.40. The van der Waals surface area contributed by atoms with Crippen molar-refractivity contribution in [3.8, 4) is 0 Å². The van der Waals surface area contributed by atoms with Crippen molar-refractivity contribution < 1.29 is 4.79 Å². The summed E-state index contributed by atoms with van der Waals surface area (Å²) in [5.41, 5.74) is 7.81. The van der Waals surface area contributed by atoms with E-state index in [4.69, 9.17) is 5.73 Å². The summed E-state index contributed by atoms with van der Waals surface area (Å²) in [6, 6.07) is 15.3. The number of thioether (sulfide) groups is 1. The largest absolute Gasteiger partial charge is 0.368 e. The highest BCUT2D eigenvalue weighted by atomic mass is 32.2. The molecule has 0 bridgehead atoms. The van der Waals surface area contributed by atoms with Gasteiger partial charge in [0.2, 0.25) is 5.91 Å². The predicted octanol–water partition coefficient (Wildman–Crippen LogP) is 3.71. The monoisotopic (exact) mass is 449 g/mol. The summed E-state index contributed by atoms with van der Waals surface area (Å²) in [7, 11) is 0. The van der Waals surface area contributed by atoms with Crippen molar-refractivity contribution in [3.05, 3.63) is 58.9 Å². The van der Waals surface area contributed by atoms with Crippen LogP contribution in [-0.2, 0) is 4.79 Å². The van der Waals surface area contributed by atoms with Gasteiger partial charge in [0.1, 0.15) is 5.54 Å². The van der Waals surface area contributed by atoms with E-state index < -0.39 is 5.54 Å². The molecule has 8 heteroatoms. The van der Waals surface area contributed by atoms with Gasteiger partial charge in [0.05, 0.1) is 28.9 Å². The van der Waals surface area contributed by atoms with Crippen LogP contribution >= 0.6 is 11.8 Å². The molecule has 1 saturated carbocycles. The summed E-state index contributed by atoms with van der Waals surface area (Å²) in [5.74, 6) is 0.240. The van der Waals surface area contributed by atoms with Gasteiger partial charge in [0, 0.05) is 5.75 Å². The molecule has 0 saturated heterocycles. The quantitative estimate of drug-likeness (QED) is 0.391. The van der Waals surface area contributed by atoms with Gasteiger partial charge in [-0.25, -0.2) is 4.98 Å². The molecule has 1 atom stereocenters. The third-order valence-electron chi connectivity index (χ3n) is 6.83. The number of H-pyrrole nitrogens is 1. The molecule has 1 unspecified atom stereocenters. The van der Waals surface area contributed by atoms with Gasteiger partial charge in [-0.3, -0.25) is 9.59 Å². The van der Waals surface area contributed by atoms with Crippen LogP contribution in [0.15, 0.2) is 58.5 Å². The Labute approximate surface area is 190 Å². The van der Waals surface area contributed by atoms with Crippen LogP contribution in [0.25, 0.3) is 10.9 Å². The summed E-state index contributed by atoms with van der Waals surface area (Å²) >= 11 is 1.40. The predicted molar refractivity (Wildman–Crippen MR) is 129 cm³/mol. The van der Waals surface area contributed by atoms with Crippen molar-refractivity contribution in [1.29, 1.82) is 0 Å². The molecule has 166 valence electrons. The zero-order chi connectivity index (χ0) is 22.1. The first-order valence-electron chi connectivity index (χ1n) is 11.1. The minimum atomic E-state index is -0.880. The molecular weight excluding hydrogens is 422 g/mol.